The Balaban J connectivity index is -0.000000169. The van der Waals surface area contributed by atoms with Crippen molar-refractivity contribution in [2.24, 2.45) is 0 Å². The first-order valence-electron chi connectivity index (χ1n) is 4.76. The Labute approximate surface area is 119 Å². The zero-order valence-electron chi connectivity index (χ0n) is 10.7. The van der Waals surface area contributed by atoms with Gasteiger partial charge in [0.25, 0.3) is 0 Å². The van der Waals surface area contributed by atoms with Crippen molar-refractivity contribution in [2.45, 2.75) is 26.2 Å². The second-order valence-electron chi connectivity index (χ2n) is 2.69. The van der Waals surface area contributed by atoms with Crippen LogP contribution in [0.2, 0.25) is 0 Å². The summed E-state index contributed by atoms with van der Waals surface area (Å²) in [7, 11) is 0. The van der Waals surface area contributed by atoms with Crippen molar-refractivity contribution in [1.29, 1.82) is 0 Å². The standard InChI is InChI=1S/C7H9.C5H5.2CH3.H2Si.Zr/c1-2-7-5-3-4-6-7;1-2-4-5-3-1;;;;/h5-6H,2-3H2,1H3;1-3H,4H2;2*1H3;1H2;/q4*-1;;. The van der Waals surface area contributed by atoms with Crippen molar-refractivity contribution in [3.05, 3.63) is 63.0 Å². The molecule has 0 heterocycles. The summed E-state index contributed by atoms with van der Waals surface area (Å²) in [5.74, 6) is 0. The number of hydrogen-bond acceptors (Lipinski definition) is 0. The Morgan fingerprint density at radius 1 is 1.25 bits per heavy atom. The molecule has 2 rings (SSSR count). The van der Waals surface area contributed by atoms with Gasteiger partial charge in [-0.1, -0.05) is 13.3 Å². The maximum absolute atomic E-state index is 3.11. The summed E-state index contributed by atoms with van der Waals surface area (Å²) >= 11 is 1.58. The van der Waals surface area contributed by atoms with Crippen LogP contribution >= 0.6 is 0 Å². The molecular weight excluding hydrogens is 287 g/mol. The van der Waals surface area contributed by atoms with E-state index in [4.69, 9.17) is 0 Å². The van der Waals surface area contributed by atoms with Crippen molar-refractivity contribution in [3.63, 3.8) is 0 Å². The summed E-state index contributed by atoms with van der Waals surface area (Å²) in [6.07, 6.45) is 19.6. The Morgan fingerprint density at radius 2 is 1.94 bits per heavy atom. The molecule has 0 saturated heterocycles. The van der Waals surface area contributed by atoms with Crippen molar-refractivity contribution in [2.75, 3.05) is 0 Å². The third kappa shape index (κ3) is 12.1. The van der Waals surface area contributed by atoms with E-state index >= 15 is 0 Å². The first kappa shape index (κ1) is 21.4. The molecule has 0 aromatic rings. The molecule has 0 spiro atoms. The average Bonchev–Trinajstić information content (AvgIpc) is 2.97. The van der Waals surface area contributed by atoms with E-state index in [-0.39, 0.29) is 14.9 Å². The van der Waals surface area contributed by atoms with Gasteiger partial charge in [0, 0.05) is 0 Å². The topological polar surface area (TPSA) is 0 Å². The van der Waals surface area contributed by atoms with E-state index in [1.54, 1.807) is 23.3 Å². The Bertz CT molecular complexity index is 239. The molecule has 0 nitrogen and oxygen atoms in total. The zero-order chi connectivity index (χ0) is 10.6. The van der Waals surface area contributed by atoms with Gasteiger partial charge in [0.05, 0.1) is 0 Å². The van der Waals surface area contributed by atoms with Gasteiger partial charge in [0.2, 0.25) is 0 Å². The van der Waals surface area contributed by atoms with Gasteiger partial charge in [-0.25, -0.2) is 23.8 Å². The van der Waals surface area contributed by atoms with Crippen molar-refractivity contribution in [1.82, 2.24) is 0 Å². The van der Waals surface area contributed by atoms with Crippen LogP contribution in [0.4, 0.5) is 0 Å². The summed E-state index contributed by atoms with van der Waals surface area (Å²) in [6.45, 7) is 4.11. The molecule has 90 valence electrons. The van der Waals surface area contributed by atoms with Crippen LogP contribution in [-0.2, 0) is 23.3 Å². The molecule has 2 aliphatic rings. The van der Waals surface area contributed by atoms with Gasteiger partial charge in [-0.3, -0.25) is 12.2 Å². The van der Waals surface area contributed by atoms with Crippen LogP contribution in [0.25, 0.3) is 0 Å². The quantitative estimate of drug-likeness (QED) is 0.514. The first-order chi connectivity index (χ1) is 6.93. The molecule has 0 aromatic carbocycles. The molecule has 0 saturated carbocycles. The van der Waals surface area contributed by atoms with E-state index in [9.17, 15) is 0 Å². The Morgan fingerprint density at radius 3 is 2.12 bits per heavy atom. The molecule has 2 heteroatoms. The number of rotatable bonds is 1. The van der Waals surface area contributed by atoms with Gasteiger partial charge < -0.3 is 14.9 Å². The second kappa shape index (κ2) is 17.5. The molecule has 0 fully saturated rings. The molecule has 0 atom stereocenters. The van der Waals surface area contributed by atoms with Crippen LogP contribution in [0.15, 0.2) is 36.0 Å². The van der Waals surface area contributed by atoms with Crippen LogP contribution in [0.3, 0.4) is 0 Å². The minimum absolute atomic E-state index is 0. The normalized spacial score (nSPS) is 13.4. The Hall–Kier alpha value is 0.0600. The van der Waals surface area contributed by atoms with Crippen LogP contribution in [-0.4, -0.2) is 6.88 Å². The Kier molecular flexibility index (Phi) is 23.3. The van der Waals surface area contributed by atoms with Crippen LogP contribution in [0.5, 0.6) is 0 Å². The third-order valence-corrected chi connectivity index (χ3v) is 1.76. The van der Waals surface area contributed by atoms with Gasteiger partial charge in [0.15, 0.2) is 0 Å². The van der Waals surface area contributed by atoms with Crippen molar-refractivity contribution in [3.8, 4) is 0 Å². The van der Waals surface area contributed by atoms with Gasteiger partial charge in [0.1, 0.15) is 0 Å². The molecular formula is C14H22SiZr-4. The van der Waals surface area contributed by atoms with Crippen LogP contribution in [0, 0.1) is 27.0 Å². The predicted octanol–water partition coefficient (Wildman–Crippen LogP) is 3.37. The van der Waals surface area contributed by atoms with E-state index in [0.717, 1.165) is 19.3 Å². The average molecular weight is 310 g/mol. The SMILES string of the molecule is CCC1=CC[C-]=C1.[C-]1=CC=CC1.[CH3-].[CH3-].[SiH2]=[Zr]. The fourth-order valence-corrected chi connectivity index (χ4v) is 1.03. The summed E-state index contributed by atoms with van der Waals surface area (Å²) in [5.41, 5.74) is 1.43. The zero-order valence-corrected chi connectivity index (χ0v) is 14.6. The molecule has 0 unspecified atom stereocenters. The van der Waals surface area contributed by atoms with Gasteiger partial charge >= 0.3 is 30.2 Å². The fourth-order valence-electron chi connectivity index (χ4n) is 1.03. The van der Waals surface area contributed by atoms with Gasteiger partial charge in [-0.2, -0.15) is 12.2 Å². The summed E-state index contributed by atoms with van der Waals surface area (Å²) < 4.78 is 0. The van der Waals surface area contributed by atoms with E-state index in [2.05, 4.69) is 37.3 Å². The molecule has 0 bridgehead atoms. The summed E-state index contributed by atoms with van der Waals surface area (Å²) in [5, 5.41) is 0. The predicted molar refractivity (Wildman–Crippen MR) is 73.7 cm³/mol. The molecule has 0 radical (unpaired) electrons. The second-order valence-corrected chi connectivity index (χ2v) is 2.69. The van der Waals surface area contributed by atoms with E-state index in [1.807, 2.05) is 19.0 Å². The molecule has 0 N–H and O–H groups in total. The maximum atomic E-state index is 3.11. The third-order valence-electron chi connectivity index (χ3n) is 1.76. The molecule has 2 aliphatic carbocycles. The summed E-state index contributed by atoms with van der Waals surface area (Å²) in [6, 6.07) is 0. The fraction of sp³-hybridized carbons (Fsp3) is 0.286. The number of allylic oxidation sites excluding steroid dienone is 8. The molecule has 0 aliphatic heterocycles. The number of hydrogen-bond donors (Lipinski definition) is 0. The minimum atomic E-state index is 0. The summed E-state index contributed by atoms with van der Waals surface area (Å²) in [4.78, 5) is 0. The van der Waals surface area contributed by atoms with E-state index in [0.29, 0.717) is 0 Å². The first-order valence-corrected chi connectivity index (χ1v) is 10.7. The van der Waals surface area contributed by atoms with E-state index < -0.39 is 0 Å². The van der Waals surface area contributed by atoms with Crippen LogP contribution in [0.1, 0.15) is 26.2 Å². The van der Waals surface area contributed by atoms with E-state index in [1.165, 1.54) is 5.57 Å². The molecule has 16 heavy (non-hydrogen) atoms. The van der Waals surface area contributed by atoms with Gasteiger partial charge in [-0.05, 0) is 0 Å². The van der Waals surface area contributed by atoms with Crippen molar-refractivity contribution < 1.29 is 23.3 Å². The van der Waals surface area contributed by atoms with Crippen molar-refractivity contribution >= 4 is 6.88 Å². The molecule has 0 aromatic heterocycles. The molecule has 0 amide bonds. The van der Waals surface area contributed by atoms with Crippen LogP contribution < -0.4 is 0 Å². The van der Waals surface area contributed by atoms with Gasteiger partial charge in [-0.15, -0.1) is 12.8 Å². The monoisotopic (exact) mass is 308 g/mol.